The van der Waals surface area contributed by atoms with Crippen molar-refractivity contribution in [3.05, 3.63) is 36.5 Å². The van der Waals surface area contributed by atoms with E-state index >= 15 is 0 Å². The molecule has 22 heavy (non-hydrogen) atoms. The molecule has 0 aliphatic carbocycles. The van der Waals surface area contributed by atoms with Gasteiger partial charge < -0.3 is 14.2 Å². The first-order valence-corrected chi connectivity index (χ1v) is 6.66. The third-order valence-electron chi connectivity index (χ3n) is 2.39. The highest BCUT2D eigenvalue weighted by Crippen LogP contribution is 2.07. The smallest absolute Gasteiger partial charge is 0.333 e. The minimum atomic E-state index is -0.745. The summed E-state index contributed by atoms with van der Waals surface area (Å²) in [6.07, 6.45) is -0.563. The summed E-state index contributed by atoms with van der Waals surface area (Å²) in [6.45, 7) is 14.8. The molecule has 0 aromatic rings. The molecule has 6 heteroatoms. The van der Waals surface area contributed by atoms with Gasteiger partial charge in [0.25, 0.3) is 0 Å². The summed E-state index contributed by atoms with van der Waals surface area (Å²) in [5.74, 6) is -1.73. The normalized spacial score (nSPS) is 11.0. The molecule has 0 aliphatic rings. The molecule has 0 bridgehead atoms. The maximum Gasteiger partial charge on any atom is 0.333 e. The molecule has 0 heterocycles. The van der Waals surface area contributed by atoms with Gasteiger partial charge in [-0.15, -0.1) is 0 Å². The fourth-order valence-corrected chi connectivity index (χ4v) is 1.13. The second-order valence-corrected chi connectivity index (χ2v) is 4.89. The molecule has 1 atom stereocenters. The van der Waals surface area contributed by atoms with E-state index in [1.807, 2.05) is 0 Å². The number of hydrogen-bond acceptors (Lipinski definition) is 6. The molecule has 6 nitrogen and oxygen atoms in total. The van der Waals surface area contributed by atoms with Gasteiger partial charge in [-0.1, -0.05) is 19.7 Å². The van der Waals surface area contributed by atoms with Crippen LogP contribution in [0.3, 0.4) is 0 Å². The van der Waals surface area contributed by atoms with Crippen molar-refractivity contribution in [2.45, 2.75) is 33.3 Å². The van der Waals surface area contributed by atoms with E-state index in [1.165, 1.54) is 20.8 Å². The zero-order chi connectivity index (χ0) is 17.3. The van der Waals surface area contributed by atoms with Gasteiger partial charge in [0.05, 0.1) is 6.61 Å². The predicted octanol–water partition coefficient (Wildman–Crippen LogP) is 2.10. The molecule has 0 saturated carbocycles. The molecular formula is C16H22O6. The van der Waals surface area contributed by atoms with Gasteiger partial charge in [0.2, 0.25) is 0 Å². The number of carbonyl (C=O) groups is 3. The van der Waals surface area contributed by atoms with Gasteiger partial charge in [0.15, 0.2) is 0 Å². The van der Waals surface area contributed by atoms with Crippen LogP contribution < -0.4 is 0 Å². The summed E-state index contributed by atoms with van der Waals surface area (Å²) in [6, 6.07) is 0. The van der Waals surface area contributed by atoms with Crippen molar-refractivity contribution in [3.63, 3.8) is 0 Å². The molecule has 0 radical (unpaired) electrons. The molecule has 1 unspecified atom stereocenters. The lowest BCUT2D eigenvalue weighted by Gasteiger charge is -2.18. The first-order valence-electron chi connectivity index (χ1n) is 6.66. The Morgan fingerprint density at radius 2 is 1.27 bits per heavy atom. The van der Waals surface area contributed by atoms with E-state index in [-0.39, 0.29) is 36.4 Å². The zero-order valence-electron chi connectivity index (χ0n) is 13.3. The second kappa shape index (κ2) is 9.55. The Bertz CT molecular complexity index is 489. The van der Waals surface area contributed by atoms with E-state index in [0.29, 0.717) is 0 Å². The van der Waals surface area contributed by atoms with Crippen molar-refractivity contribution in [2.24, 2.45) is 0 Å². The fourth-order valence-electron chi connectivity index (χ4n) is 1.13. The number of hydrogen-bond donors (Lipinski definition) is 0. The molecule has 0 aliphatic heterocycles. The van der Waals surface area contributed by atoms with E-state index in [9.17, 15) is 14.4 Å². The van der Waals surface area contributed by atoms with E-state index in [4.69, 9.17) is 14.2 Å². The molecule has 0 aromatic carbocycles. The van der Waals surface area contributed by atoms with Gasteiger partial charge >= 0.3 is 17.9 Å². The molecule has 0 rings (SSSR count). The maximum absolute atomic E-state index is 11.5. The van der Waals surface area contributed by atoms with Gasteiger partial charge in [-0.3, -0.25) is 0 Å². The summed E-state index contributed by atoms with van der Waals surface area (Å²) in [4.78, 5) is 34.2. The summed E-state index contributed by atoms with van der Waals surface area (Å²) < 4.78 is 15.0. The lowest BCUT2D eigenvalue weighted by molar-refractivity contribution is -0.155. The predicted molar refractivity (Wildman–Crippen MR) is 80.9 cm³/mol. The summed E-state index contributed by atoms with van der Waals surface area (Å²) in [5.41, 5.74) is 0.720. The van der Waals surface area contributed by atoms with Gasteiger partial charge in [-0.25, -0.2) is 14.4 Å². The van der Waals surface area contributed by atoms with Crippen LogP contribution in [0.5, 0.6) is 0 Å². The van der Waals surface area contributed by atoms with Crippen LogP contribution in [0, 0.1) is 0 Å². The minimum Gasteiger partial charge on any atom is -0.462 e. The minimum absolute atomic E-state index is 0.00442. The average molecular weight is 310 g/mol. The van der Waals surface area contributed by atoms with Gasteiger partial charge in [-0.05, 0) is 20.8 Å². The third-order valence-corrected chi connectivity index (χ3v) is 2.39. The number of esters is 3. The molecule has 0 saturated heterocycles. The third kappa shape index (κ3) is 8.04. The maximum atomic E-state index is 11.5. The highest BCUT2D eigenvalue weighted by atomic mass is 16.6. The first kappa shape index (κ1) is 19.6. The van der Waals surface area contributed by atoms with Crippen LogP contribution in [-0.2, 0) is 28.6 Å². The lowest BCUT2D eigenvalue weighted by atomic mass is 10.2. The van der Waals surface area contributed by atoms with Crippen LogP contribution in [-0.4, -0.2) is 37.2 Å². The van der Waals surface area contributed by atoms with Crippen molar-refractivity contribution in [1.29, 1.82) is 0 Å². The Labute approximate surface area is 130 Å². The Morgan fingerprint density at radius 3 is 1.73 bits per heavy atom. The highest BCUT2D eigenvalue weighted by Gasteiger charge is 2.18. The Hall–Kier alpha value is -2.37. The standard InChI is InChI=1S/C16H22O6/c1-10(2)14(17)20-8-7-13(22-16(19)12(5)6)9-21-15(18)11(3)4/h13H,1,3,5,7-9H2,2,4,6H3. The molecule has 0 spiro atoms. The first-order chi connectivity index (χ1) is 10.1. The summed E-state index contributed by atoms with van der Waals surface area (Å²) in [5, 5.41) is 0. The summed E-state index contributed by atoms with van der Waals surface area (Å²) >= 11 is 0. The van der Waals surface area contributed by atoms with Gasteiger partial charge in [0.1, 0.15) is 12.7 Å². The zero-order valence-corrected chi connectivity index (χ0v) is 13.3. The largest absolute Gasteiger partial charge is 0.462 e. The second-order valence-electron chi connectivity index (χ2n) is 4.89. The van der Waals surface area contributed by atoms with Crippen LogP contribution in [0.15, 0.2) is 36.5 Å². The summed E-state index contributed by atoms with van der Waals surface area (Å²) in [7, 11) is 0. The monoisotopic (exact) mass is 310 g/mol. The van der Waals surface area contributed by atoms with Crippen molar-refractivity contribution < 1.29 is 28.6 Å². The molecule has 122 valence electrons. The van der Waals surface area contributed by atoms with E-state index < -0.39 is 24.0 Å². The molecule has 0 aromatic heterocycles. The topological polar surface area (TPSA) is 78.9 Å². The number of carbonyl (C=O) groups excluding carboxylic acids is 3. The van der Waals surface area contributed by atoms with Crippen LogP contribution in [0.1, 0.15) is 27.2 Å². The molecular weight excluding hydrogens is 288 g/mol. The number of ether oxygens (including phenoxy) is 3. The number of rotatable bonds is 9. The van der Waals surface area contributed by atoms with Crippen LogP contribution >= 0.6 is 0 Å². The Balaban J connectivity index is 4.51. The lowest BCUT2D eigenvalue weighted by Crippen LogP contribution is -2.27. The Morgan fingerprint density at radius 1 is 0.818 bits per heavy atom. The van der Waals surface area contributed by atoms with Crippen LogP contribution in [0.4, 0.5) is 0 Å². The van der Waals surface area contributed by atoms with E-state index in [0.717, 1.165) is 0 Å². The quantitative estimate of drug-likeness (QED) is 0.369. The average Bonchev–Trinajstić information content (AvgIpc) is 2.43. The molecule has 0 N–H and O–H groups in total. The van der Waals surface area contributed by atoms with Crippen molar-refractivity contribution in [1.82, 2.24) is 0 Å². The molecule has 0 fully saturated rings. The van der Waals surface area contributed by atoms with Crippen molar-refractivity contribution in [2.75, 3.05) is 13.2 Å². The van der Waals surface area contributed by atoms with Gasteiger partial charge in [-0.2, -0.15) is 0 Å². The SMILES string of the molecule is C=C(C)C(=O)OCCC(COC(=O)C(=C)C)OC(=O)C(=C)C. The van der Waals surface area contributed by atoms with Gasteiger partial charge in [0, 0.05) is 23.1 Å². The van der Waals surface area contributed by atoms with Crippen molar-refractivity contribution >= 4 is 17.9 Å². The van der Waals surface area contributed by atoms with Crippen LogP contribution in [0.25, 0.3) is 0 Å². The fraction of sp³-hybridized carbons (Fsp3) is 0.438. The molecule has 0 amide bonds. The van der Waals surface area contributed by atoms with E-state index in [1.54, 1.807) is 0 Å². The van der Waals surface area contributed by atoms with Crippen molar-refractivity contribution in [3.8, 4) is 0 Å². The van der Waals surface area contributed by atoms with E-state index in [2.05, 4.69) is 19.7 Å². The highest BCUT2D eigenvalue weighted by molar-refractivity contribution is 5.88. The Kier molecular flexibility index (Phi) is 8.52. The van der Waals surface area contributed by atoms with Crippen LogP contribution in [0.2, 0.25) is 0 Å².